The maximum absolute atomic E-state index is 15.0. The second kappa shape index (κ2) is 8.74. The number of hydrogen-bond acceptors (Lipinski definition) is 5. The zero-order valence-electron chi connectivity index (χ0n) is 16.6. The molecule has 4 atom stereocenters. The van der Waals surface area contributed by atoms with E-state index in [0.29, 0.717) is 12.2 Å². The molecule has 1 N–H and O–H groups in total. The number of nitrogens with one attached hydrogen (secondary N) is 1. The van der Waals surface area contributed by atoms with Gasteiger partial charge in [-0.1, -0.05) is 11.2 Å². The summed E-state index contributed by atoms with van der Waals surface area (Å²) < 4.78 is 46.8. The first-order valence-corrected chi connectivity index (χ1v) is 11.2. The first kappa shape index (κ1) is 21.6. The number of carbonyl (C=O) groups is 2. The van der Waals surface area contributed by atoms with Gasteiger partial charge in [0.2, 0.25) is 5.91 Å². The number of hydrogen-bond donors (Lipinski definition) is 1. The average molecular weight is 429 g/mol. The number of amides is 2. The molecule has 0 spiro atoms. The molecule has 0 bridgehead atoms. The van der Waals surface area contributed by atoms with Crippen LogP contribution < -0.4 is 15.1 Å². The first-order chi connectivity index (χ1) is 13.7. The molecule has 0 aromatic heterocycles. The van der Waals surface area contributed by atoms with Crippen LogP contribution in [0.1, 0.15) is 26.7 Å². The smallest absolute Gasteiger partial charge is 0.414 e. The molecule has 2 heterocycles. The van der Waals surface area contributed by atoms with Crippen molar-refractivity contribution < 1.29 is 27.7 Å². The van der Waals surface area contributed by atoms with Gasteiger partial charge in [-0.25, -0.2) is 13.6 Å². The fourth-order valence-corrected chi connectivity index (χ4v) is 4.83. The molecule has 0 radical (unpaired) electrons. The average Bonchev–Trinajstić information content (AvgIpc) is 3.16. The van der Waals surface area contributed by atoms with Gasteiger partial charge in [0.05, 0.1) is 31.1 Å². The van der Waals surface area contributed by atoms with Gasteiger partial charge < -0.3 is 19.5 Å². The number of ether oxygens (including phenoxy) is 1. The number of carbonyl (C=O) groups excluding carboxylic acids is 2. The van der Waals surface area contributed by atoms with Gasteiger partial charge in [0.25, 0.3) is 0 Å². The van der Waals surface area contributed by atoms with E-state index in [0.717, 1.165) is 23.5 Å². The normalized spacial score (nSPS) is 25.3. The van der Waals surface area contributed by atoms with Crippen molar-refractivity contribution in [2.24, 2.45) is 0 Å². The Morgan fingerprint density at radius 2 is 2.00 bits per heavy atom. The van der Waals surface area contributed by atoms with Gasteiger partial charge in [-0.2, -0.15) is 0 Å². The van der Waals surface area contributed by atoms with Crippen molar-refractivity contribution in [2.45, 2.75) is 44.9 Å². The van der Waals surface area contributed by atoms with E-state index in [2.05, 4.69) is 5.32 Å². The summed E-state index contributed by atoms with van der Waals surface area (Å²) >= 11 is -1.08. The number of benzene rings is 1. The lowest BCUT2D eigenvalue weighted by atomic mass is 10.2. The van der Waals surface area contributed by atoms with Crippen LogP contribution in [0.5, 0.6) is 0 Å². The van der Waals surface area contributed by atoms with E-state index in [1.165, 1.54) is 6.92 Å². The Balaban J connectivity index is 1.82. The molecule has 0 saturated carbocycles. The zero-order chi connectivity index (χ0) is 21.3. The minimum atomic E-state index is -1.08. The van der Waals surface area contributed by atoms with Crippen LogP contribution in [0.3, 0.4) is 0 Å². The number of rotatable bonds is 6. The van der Waals surface area contributed by atoms with Gasteiger partial charge in [-0.15, -0.1) is 0 Å². The Kier molecular flexibility index (Phi) is 6.52. The molecule has 0 aliphatic carbocycles. The summed E-state index contributed by atoms with van der Waals surface area (Å²) in [6.45, 7) is 3.44. The van der Waals surface area contributed by atoms with Crippen LogP contribution in [0.25, 0.3) is 0 Å². The molecule has 1 aromatic rings. The molecule has 3 rings (SSSR count). The van der Waals surface area contributed by atoms with Crippen LogP contribution in [0.15, 0.2) is 12.1 Å². The molecule has 29 heavy (non-hydrogen) atoms. The summed E-state index contributed by atoms with van der Waals surface area (Å²) in [7, 11) is 0. The monoisotopic (exact) mass is 429 g/mol. The second-order valence-corrected chi connectivity index (χ2v) is 9.02. The van der Waals surface area contributed by atoms with E-state index in [9.17, 15) is 22.9 Å². The summed E-state index contributed by atoms with van der Waals surface area (Å²) in [6.07, 6.45) is 1.73. The van der Waals surface area contributed by atoms with Crippen molar-refractivity contribution in [1.82, 2.24) is 5.32 Å². The fourth-order valence-electron chi connectivity index (χ4n) is 3.96. The van der Waals surface area contributed by atoms with Crippen LogP contribution in [-0.2, 0) is 20.7 Å². The van der Waals surface area contributed by atoms with Gasteiger partial charge >= 0.3 is 6.09 Å². The van der Waals surface area contributed by atoms with Crippen LogP contribution in [-0.4, -0.2) is 59.8 Å². The summed E-state index contributed by atoms with van der Waals surface area (Å²) in [4.78, 5) is 26.0. The van der Waals surface area contributed by atoms with Gasteiger partial charge in [-0.05, 0) is 19.8 Å². The van der Waals surface area contributed by atoms with E-state index < -0.39 is 35.0 Å². The van der Waals surface area contributed by atoms with Crippen molar-refractivity contribution in [3.8, 4) is 0 Å². The Labute approximate surface area is 171 Å². The van der Waals surface area contributed by atoms with Crippen molar-refractivity contribution in [3.05, 3.63) is 23.8 Å². The number of anilines is 2. The van der Waals surface area contributed by atoms with E-state index in [1.807, 2.05) is 6.92 Å². The molecule has 2 aliphatic rings. The quantitative estimate of drug-likeness (QED) is 0.701. The van der Waals surface area contributed by atoms with E-state index in [4.69, 9.17) is 4.74 Å². The second-order valence-electron chi connectivity index (χ2n) is 7.54. The third kappa shape index (κ3) is 4.75. The van der Waals surface area contributed by atoms with Crippen LogP contribution in [0, 0.1) is 11.6 Å². The predicted molar refractivity (Wildman–Crippen MR) is 107 cm³/mol. The van der Waals surface area contributed by atoms with Gasteiger partial charge in [0, 0.05) is 25.1 Å². The van der Waals surface area contributed by atoms with Gasteiger partial charge in [0.15, 0.2) is 11.6 Å². The fraction of sp³-hybridized carbons (Fsp3) is 0.579. The number of halogens is 2. The Morgan fingerprint density at radius 1 is 1.34 bits per heavy atom. The highest BCUT2D eigenvalue weighted by Crippen LogP contribution is 2.37. The van der Waals surface area contributed by atoms with Crippen LogP contribution in [0.2, 0.25) is 0 Å². The molecular weight excluding hydrogens is 404 g/mol. The van der Waals surface area contributed by atoms with Crippen molar-refractivity contribution >= 4 is 34.6 Å². The molecule has 2 amide bonds. The summed E-state index contributed by atoms with van der Waals surface area (Å²) in [5, 5.41) is 2.55. The van der Waals surface area contributed by atoms with Gasteiger partial charge in [0.1, 0.15) is 17.5 Å². The van der Waals surface area contributed by atoms with Crippen LogP contribution >= 0.6 is 0 Å². The van der Waals surface area contributed by atoms with Crippen molar-refractivity contribution in [3.63, 3.8) is 0 Å². The van der Waals surface area contributed by atoms with Crippen molar-refractivity contribution in [2.75, 3.05) is 34.9 Å². The third-order valence-corrected chi connectivity index (χ3v) is 6.09. The van der Waals surface area contributed by atoms with E-state index >= 15 is 0 Å². The molecule has 7 nitrogen and oxygen atoms in total. The highest BCUT2D eigenvalue weighted by molar-refractivity contribution is 7.90. The van der Waals surface area contributed by atoms with Crippen LogP contribution in [0.4, 0.5) is 25.0 Å². The number of nitrogens with zero attached hydrogens (tertiary/aromatic N) is 2. The molecular formula is C19H25F2N3O4S. The largest absolute Gasteiger partial charge is 0.616 e. The van der Waals surface area contributed by atoms with Crippen molar-refractivity contribution in [1.29, 1.82) is 0 Å². The maximum atomic E-state index is 15.0. The summed E-state index contributed by atoms with van der Waals surface area (Å²) in [6, 6.07) is 1.94. The molecule has 2 saturated heterocycles. The lowest BCUT2D eigenvalue weighted by molar-refractivity contribution is -0.119. The topological polar surface area (TPSA) is 84.9 Å². The van der Waals surface area contributed by atoms with Gasteiger partial charge in [-0.3, -0.25) is 9.69 Å². The Hall–Kier alpha value is -2.07. The number of cyclic esters (lactones) is 1. The molecule has 4 unspecified atom stereocenters. The standard InChI is InChI=1S/C19H25F2N3O4S/c1-11-4-5-13(10-29(3)27)24(11)18-16(20)6-14(7-17(18)21)23-9-15(28-19(23)26)8-22-12(2)25/h6-7,11,13,15H,4-5,8-10H2,1-3H3,(H,22,25). The highest BCUT2D eigenvalue weighted by atomic mass is 32.2. The molecule has 1 aromatic carbocycles. The molecule has 160 valence electrons. The van der Waals surface area contributed by atoms with E-state index in [-0.39, 0.29) is 42.5 Å². The Morgan fingerprint density at radius 3 is 2.59 bits per heavy atom. The lowest BCUT2D eigenvalue weighted by Crippen LogP contribution is -2.40. The first-order valence-electron chi connectivity index (χ1n) is 9.47. The third-order valence-electron chi connectivity index (χ3n) is 5.24. The maximum Gasteiger partial charge on any atom is 0.414 e. The SMILES string of the molecule is CC(=O)NCC1CN(c2cc(F)c(N3C(C)CCC3C[S+](C)[O-])c(F)c2)C(=O)O1. The Bertz CT molecular complexity index is 772. The minimum absolute atomic E-state index is 0.0570. The highest BCUT2D eigenvalue weighted by Gasteiger charge is 2.38. The van der Waals surface area contributed by atoms with E-state index in [1.54, 1.807) is 11.2 Å². The minimum Gasteiger partial charge on any atom is -0.616 e. The summed E-state index contributed by atoms with van der Waals surface area (Å²) in [5.74, 6) is -1.48. The molecule has 10 heteroatoms. The molecule has 2 fully saturated rings. The molecule has 2 aliphatic heterocycles. The summed E-state index contributed by atoms with van der Waals surface area (Å²) in [5.41, 5.74) is -0.0990. The zero-order valence-corrected chi connectivity index (χ0v) is 17.4. The lowest BCUT2D eigenvalue weighted by Gasteiger charge is -2.31. The predicted octanol–water partition coefficient (Wildman–Crippen LogP) is 2.16.